The predicted molar refractivity (Wildman–Crippen MR) is 139 cm³/mol. The molecule has 0 aliphatic heterocycles. The number of carbonyl (C=O) groups is 2. The molecular formula is C30H42O4. The number of esters is 2. The zero-order valence-electron chi connectivity index (χ0n) is 22.5. The molecule has 1 unspecified atom stereocenters. The SMILES string of the molecule is CCCCc1ccc(C(=O)Oc2c(C)cc(C(C)(C)C)cc2C(C(=O)OCC)C(C)(C)C)cc1. The summed E-state index contributed by atoms with van der Waals surface area (Å²) in [5.74, 6) is -0.863. The Morgan fingerprint density at radius 2 is 1.56 bits per heavy atom. The van der Waals surface area contributed by atoms with Gasteiger partial charge in [-0.15, -0.1) is 0 Å². The summed E-state index contributed by atoms with van der Waals surface area (Å²) < 4.78 is 11.5. The highest BCUT2D eigenvalue weighted by molar-refractivity contribution is 5.92. The van der Waals surface area contributed by atoms with Gasteiger partial charge in [0.2, 0.25) is 0 Å². The van der Waals surface area contributed by atoms with E-state index in [4.69, 9.17) is 9.47 Å². The normalized spacial score (nSPS) is 12.9. The van der Waals surface area contributed by atoms with E-state index < -0.39 is 17.3 Å². The van der Waals surface area contributed by atoms with Crippen molar-refractivity contribution in [2.45, 2.75) is 92.9 Å². The molecule has 2 rings (SSSR count). The molecule has 0 saturated carbocycles. The third-order valence-corrected chi connectivity index (χ3v) is 6.07. The van der Waals surface area contributed by atoms with E-state index >= 15 is 0 Å². The molecule has 186 valence electrons. The van der Waals surface area contributed by atoms with Crippen molar-refractivity contribution in [1.29, 1.82) is 0 Å². The lowest BCUT2D eigenvalue weighted by Gasteiger charge is -2.32. The molecule has 0 bridgehead atoms. The standard InChI is InChI=1S/C30H42O4/c1-10-12-13-21-14-16-22(17-15-21)27(31)34-26-20(3)18-23(29(4,5)6)19-24(26)25(30(7,8)9)28(32)33-11-2/h14-19,25H,10-13H2,1-9H3. The number of benzene rings is 2. The van der Waals surface area contributed by atoms with E-state index in [0.29, 0.717) is 23.5 Å². The lowest BCUT2D eigenvalue weighted by Crippen LogP contribution is -2.30. The van der Waals surface area contributed by atoms with E-state index in [1.807, 2.05) is 64.1 Å². The monoisotopic (exact) mass is 466 g/mol. The maximum atomic E-state index is 13.2. The highest BCUT2D eigenvalue weighted by atomic mass is 16.5. The van der Waals surface area contributed by atoms with Gasteiger partial charge in [0, 0.05) is 5.56 Å². The highest BCUT2D eigenvalue weighted by Gasteiger charge is 2.38. The molecule has 0 spiro atoms. The minimum Gasteiger partial charge on any atom is -0.466 e. The Hall–Kier alpha value is -2.62. The molecule has 0 amide bonds. The van der Waals surface area contributed by atoms with Gasteiger partial charge in [0.25, 0.3) is 0 Å². The van der Waals surface area contributed by atoms with Crippen LogP contribution in [0.2, 0.25) is 0 Å². The molecule has 0 N–H and O–H groups in total. The van der Waals surface area contributed by atoms with Crippen molar-refractivity contribution in [3.05, 3.63) is 64.2 Å². The second-order valence-electron chi connectivity index (χ2n) is 11.2. The number of ether oxygens (including phenoxy) is 2. The van der Waals surface area contributed by atoms with Crippen LogP contribution in [0.3, 0.4) is 0 Å². The molecule has 0 aliphatic carbocycles. The quantitative estimate of drug-likeness (QED) is 0.298. The number of hydrogen-bond donors (Lipinski definition) is 0. The van der Waals surface area contributed by atoms with Gasteiger partial charge in [0.15, 0.2) is 0 Å². The van der Waals surface area contributed by atoms with Crippen LogP contribution >= 0.6 is 0 Å². The van der Waals surface area contributed by atoms with Crippen LogP contribution in [0, 0.1) is 12.3 Å². The Labute approximate surface area is 206 Å². The Kier molecular flexibility index (Phi) is 9.10. The van der Waals surface area contributed by atoms with Crippen LogP contribution in [-0.4, -0.2) is 18.5 Å². The van der Waals surface area contributed by atoms with Crippen LogP contribution in [0.1, 0.15) is 107 Å². The first-order valence-electron chi connectivity index (χ1n) is 12.4. The fourth-order valence-corrected chi connectivity index (χ4v) is 4.10. The van der Waals surface area contributed by atoms with Crippen LogP contribution in [0.25, 0.3) is 0 Å². The van der Waals surface area contributed by atoms with Crippen molar-refractivity contribution in [2.24, 2.45) is 5.41 Å². The van der Waals surface area contributed by atoms with Crippen molar-refractivity contribution < 1.29 is 19.1 Å². The van der Waals surface area contributed by atoms with E-state index in [1.54, 1.807) is 6.92 Å². The number of carbonyl (C=O) groups excluding carboxylic acids is 2. The lowest BCUT2D eigenvalue weighted by atomic mass is 9.74. The molecule has 1 atom stereocenters. The fraction of sp³-hybridized carbons (Fsp3) is 0.533. The molecule has 4 heteroatoms. The molecule has 34 heavy (non-hydrogen) atoms. The van der Waals surface area contributed by atoms with Gasteiger partial charge in [0.05, 0.1) is 18.1 Å². The molecule has 0 radical (unpaired) electrons. The summed E-state index contributed by atoms with van der Waals surface area (Å²) in [6.07, 6.45) is 3.25. The number of rotatable bonds is 8. The Balaban J connectivity index is 2.56. The molecular weight excluding hydrogens is 424 g/mol. The first kappa shape index (κ1) is 27.6. The maximum Gasteiger partial charge on any atom is 0.343 e. The number of unbranched alkanes of at least 4 members (excludes halogenated alkanes) is 1. The van der Waals surface area contributed by atoms with E-state index in [9.17, 15) is 9.59 Å². The first-order chi connectivity index (χ1) is 15.8. The third-order valence-electron chi connectivity index (χ3n) is 6.07. The zero-order chi connectivity index (χ0) is 25.7. The van der Waals surface area contributed by atoms with Crippen LogP contribution in [0.5, 0.6) is 5.75 Å². The minimum atomic E-state index is -0.576. The zero-order valence-corrected chi connectivity index (χ0v) is 22.5. The molecule has 0 saturated heterocycles. The molecule has 0 heterocycles. The summed E-state index contributed by atoms with van der Waals surface area (Å²) in [7, 11) is 0. The summed E-state index contributed by atoms with van der Waals surface area (Å²) in [4.78, 5) is 26.3. The Bertz CT molecular complexity index is 988. The van der Waals surface area contributed by atoms with Gasteiger partial charge in [-0.1, -0.05) is 79.2 Å². The average molecular weight is 467 g/mol. The summed E-state index contributed by atoms with van der Waals surface area (Å²) >= 11 is 0. The number of aryl methyl sites for hydroxylation is 2. The van der Waals surface area contributed by atoms with Gasteiger partial charge in [-0.05, 0) is 66.3 Å². The van der Waals surface area contributed by atoms with Gasteiger partial charge in [-0.3, -0.25) is 4.79 Å². The highest BCUT2D eigenvalue weighted by Crippen LogP contribution is 2.44. The van der Waals surface area contributed by atoms with Crippen molar-refractivity contribution >= 4 is 11.9 Å². The Morgan fingerprint density at radius 1 is 0.941 bits per heavy atom. The molecule has 2 aromatic rings. The predicted octanol–water partition coefficient (Wildman–Crippen LogP) is 7.55. The van der Waals surface area contributed by atoms with Crippen molar-refractivity contribution in [3.63, 3.8) is 0 Å². The lowest BCUT2D eigenvalue weighted by molar-refractivity contribution is -0.147. The van der Waals surface area contributed by atoms with Gasteiger partial charge < -0.3 is 9.47 Å². The molecule has 0 aromatic heterocycles. The van der Waals surface area contributed by atoms with Gasteiger partial charge in [0.1, 0.15) is 5.75 Å². The summed E-state index contributed by atoms with van der Waals surface area (Å²) in [5.41, 5.74) is 3.75. The summed E-state index contributed by atoms with van der Waals surface area (Å²) in [6.45, 7) is 18.6. The fourth-order valence-electron chi connectivity index (χ4n) is 4.10. The smallest absolute Gasteiger partial charge is 0.343 e. The molecule has 2 aromatic carbocycles. The van der Waals surface area contributed by atoms with Gasteiger partial charge >= 0.3 is 11.9 Å². The third kappa shape index (κ3) is 6.94. The van der Waals surface area contributed by atoms with Gasteiger partial charge in [-0.2, -0.15) is 0 Å². The van der Waals surface area contributed by atoms with Crippen molar-refractivity contribution in [1.82, 2.24) is 0 Å². The van der Waals surface area contributed by atoms with E-state index in [1.165, 1.54) is 5.56 Å². The van der Waals surface area contributed by atoms with Crippen molar-refractivity contribution in [2.75, 3.05) is 6.61 Å². The average Bonchev–Trinajstić information content (AvgIpc) is 2.73. The first-order valence-corrected chi connectivity index (χ1v) is 12.4. The maximum absolute atomic E-state index is 13.2. The Morgan fingerprint density at radius 3 is 2.06 bits per heavy atom. The molecule has 4 nitrogen and oxygen atoms in total. The second-order valence-corrected chi connectivity index (χ2v) is 11.2. The number of hydrogen-bond acceptors (Lipinski definition) is 4. The van der Waals surface area contributed by atoms with Crippen LogP contribution in [0.4, 0.5) is 0 Å². The second kappa shape index (κ2) is 11.2. The molecule has 0 fully saturated rings. The van der Waals surface area contributed by atoms with Crippen LogP contribution in [-0.2, 0) is 21.4 Å². The van der Waals surface area contributed by atoms with E-state index in [-0.39, 0.29) is 11.4 Å². The van der Waals surface area contributed by atoms with Crippen LogP contribution < -0.4 is 4.74 Å². The minimum absolute atomic E-state index is 0.131. The van der Waals surface area contributed by atoms with E-state index in [0.717, 1.165) is 30.4 Å². The summed E-state index contributed by atoms with van der Waals surface area (Å²) in [6, 6.07) is 11.7. The summed E-state index contributed by atoms with van der Waals surface area (Å²) in [5, 5.41) is 0. The van der Waals surface area contributed by atoms with E-state index in [2.05, 4.69) is 27.7 Å². The van der Waals surface area contributed by atoms with Crippen molar-refractivity contribution in [3.8, 4) is 5.75 Å². The van der Waals surface area contributed by atoms with Gasteiger partial charge in [-0.25, -0.2) is 4.79 Å². The topological polar surface area (TPSA) is 52.6 Å². The molecule has 0 aliphatic rings. The van der Waals surface area contributed by atoms with Crippen LogP contribution in [0.15, 0.2) is 36.4 Å². The largest absolute Gasteiger partial charge is 0.466 e.